The average Bonchev–Trinajstić information content (AvgIpc) is 3.30. The van der Waals surface area contributed by atoms with Gasteiger partial charge in [-0.3, -0.25) is 4.79 Å². The second-order valence-electron chi connectivity index (χ2n) is 6.02. The van der Waals surface area contributed by atoms with Crippen molar-refractivity contribution in [3.63, 3.8) is 0 Å². The molecule has 0 fully saturated rings. The van der Waals surface area contributed by atoms with E-state index in [9.17, 15) is 10.1 Å². The third-order valence-electron chi connectivity index (χ3n) is 4.37. The smallest absolute Gasteiger partial charge is 0.262 e. The van der Waals surface area contributed by atoms with Gasteiger partial charge in [-0.05, 0) is 42.0 Å². The largest absolute Gasteiger partial charge is 0.454 e. The van der Waals surface area contributed by atoms with E-state index in [-0.39, 0.29) is 18.3 Å². The van der Waals surface area contributed by atoms with Crippen LogP contribution in [0.1, 0.15) is 12.0 Å². The number of nitrogens with one attached hydrogen (secondary N) is 2. The van der Waals surface area contributed by atoms with E-state index in [0.717, 1.165) is 23.4 Å². The summed E-state index contributed by atoms with van der Waals surface area (Å²) in [5.74, 6) is 1.85. The summed E-state index contributed by atoms with van der Waals surface area (Å²) in [6, 6.07) is 7.45. The fraction of sp³-hybridized carbons (Fsp3) is 0.211. The van der Waals surface area contributed by atoms with Crippen molar-refractivity contribution in [1.29, 1.82) is 5.26 Å². The average molecular weight is 348 g/mol. The maximum absolute atomic E-state index is 12.4. The van der Waals surface area contributed by atoms with Gasteiger partial charge in [0.1, 0.15) is 17.5 Å². The molecule has 26 heavy (non-hydrogen) atoms. The lowest BCUT2D eigenvalue weighted by Crippen LogP contribution is -2.28. The van der Waals surface area contributed by atoms with Gasteiger partial charge in [-0.15, -0.1) is 0 Å². The van der Waals surface area contributed by atoms with Crippen molar-refractivity contribution in [2.45, 2.75) is 13.0 Å². The quantitative estimate of drug-likeness (QED) is 0.640. The zero-order chi connectivity index (χ0) is 17.9. The molecule has 0 aromatic heterocycles. The van der Waals surface area contributed by atoms with Crippen molar-refractivity contribution >= 4 is 11.7 Å². The van der Waals surface area contributed by atoms with Gasteiger partial charge in [0.25, 0.3) is 5.91 Å². The Kier molecular flexibility index (Phi) is 4.15. The second kappa shape index (κ2) is 6.76. The van der Waals surface area contributed by atoms with Gasteiger partial charge in [0, 0.05) is 18.7 Å². The summed E-state index contributed by atoms with van der Waals surface area (Å²) in [6.07, 6.45) is 7.95. The molecule has 3 aliphatic heterocycles. The highest BCUT2D eigenvalue weighted by Gasteiger charge is 2.25. The van der Waals surface area contributed by atoms with Crippen molar-refractivity contribution in [3.8, 4) is 17.6 Å². The number of amides is 1. The molecule has 1 unspecified atom stereocenters. The fourth-order valence-corrected chi connectivity index (χ4v) is 3.00. The summed E-state index contributed by atoms with van der Waals surface area (Å²) >= 11 is 0. The third-order valence-corrected chi connectivity index (χ3v) is 4.37. The second-order valence-corrected chi connectivity index (χ2v) is 6.02. The summed E-state index contributed by atoms with van der Waals surface area (Å²) in [7, 11) is 0. The molecule has 1 aromatic carbocycles. The molecule has 0 aliphatic carbocycles. The van der Waals surface area contributed by atoms with Crippen molar-refractivity contribution in [1.82, 2.24) is 10.6 Å². The van der Waals surface area contributed by atoms with E-state index in [4.69, 9.17) is 9.47 Å². The van der Waals surface area contributed by atoms with Crippen LogP contribution in [-0.4, -0.2) is 18.5 Å². The number of rotatable bonds is 4. The molecule has 0 bridgehead atoms. The molecular weight excluding hydrogens is 332 g/mol. The maximum Gasteiger partial charge on any atom is 0.262 e. The highest BCUT2D eigenvalue weighted by atomic mass is 16.7. The number of nitrogens with zero attached hydrogens (tertiary/aromatic N) is 2. The first-order valence-electron chi connectivity index (χ1n) is 8.22. The minimum Gasteiger partial charge on any atom is -0.454 e. The van der Waals surface area contributed by atoms with Gasteiger partial charge in [0.2, 0.25) is 6.79 Å². The first-order valence-corrected chi connectivity index (χ1v) is 8.22. The molecule has 0 radical (unpaired) electrons. The van der Waals surface area contributed by atoms with Crippen LogP contribution in [0.15, 0.2) is 58.9 Å². The Morgan fingerprint density at radius 1 is 1.42 bits per heavy atom. The predicted octanol–water partition coefficient (Wildman–Crippen LogP) is 1.90. The number of hydrogen-bond acceptors (Lipinski definition) is 6. The van der Waals surface area contributed by atoms with Gasteiger partial charge >= 0.3 is 0 Å². The van der Waals surface area contributed by atoms with E-state index < -0.39 is 5.91 Å². The molecule has 2 N–H and O–H groups in total. The number of carbonyl (C=O) groups is 1. The van der Waals surface area contributed by atoms with Crippen molar-refractivity contribution in [3.05, 3.63) is 59.5 Å². The van der Waals surface area contributed by atoms with Crippen LogP contribution in [0, 0.1) is 17.2 Å². The van der Waals surface area contributed by atoms with Gasteiger partial charge in [0.05, 0.1) is 0 Å². The Morgan fingerprint density at radius 2 is 2.31 bits per heavy atom. The number of nitriles is 1. The summed E-state index contributed by atoms with van der Waals surface area (Å²) in [5, 5.41) is 15.2. The normalized spacial score (nSPS) is 19.8. The van der Waals surface area contributed by atoms with Crippen LogP contribution in [0.4, 0.5) is 0 Å². The number of carbonyl (C=O) groups excluding carboxylic acids is 1. The van der Waals surface area contributed by atoms with E-state index in [1.165, 1.54) is 0 Å². The molecule has 130 valence electrons. The lowest BCUT2D eigenvalue weighted by atomic mass is 9.93. The van der Waals surface area contributed by atoms with Crippen LogP contribution >= 0.6 is 0 Å². The number of hydrogen-bond donors (Lipinski definition) is 2. The summed E-state index contributed by atoms with van der Waals surface area (Å²) in [5.41, 5.74) is 1.78. The highest BCUT2D eigenvalue weighted by Crippen LogP contribution is 2.32. The van der Waals surface area contributed by atoms with E-state index >= 15 is 0 Å². The van der Waals surface area contributed by atoms with Crippen molar-refractivity contribution in [2.24, 2.45) is 10.9 Å². The molecule has 7 nitrogen and oxygen atoms in total. The van der Waals surface area contributed by atoms with Crippen LogP contribution in [-0.2, 0) is 11.3 Å². The standard InChI is InChI=1S/C19H16N4O3/c20-8-13(7-14-10-22-18-15(14)2-1-5-21-18)19(24)23-9-12-3-4-16-17(6-12)26-11-25-16/h1,3-7,10,15H,2,9,11H2,(H,21,22)(H,23,24)/b13-7+. The van der Waals surface area contributed by atoms with Crippen LogP contribution in [0.2, 0.25) is 0 Å². The third kappa shape index (κ3) is 3.05. The monoisotopic (exact) mass is 348 g/mol. The van der Waals surface area contributed by atoms with E-state index in [1.807, 2.05) is 30.5 Å². The van der Waals surface area contributed by atoms with Gasteiger partial charge in [-0.25, -0.2) is 4.99 Å². The maximum atomic E-state index is 12.4. The van der Waals surface area contributed by atoms with E-state index in [2.05, 4.69) is 15.6 Å². The molecule has 0 saturated heterocycles. The zero-order valence-corrected chi connectivity index (χ0v) is 13.9. The lowest BCUT2D eigenvalue weighted by Gasteiger charge is -2.17. The van der Waals surface area contributed by atoms with Gasteiger partial charge in [0.15, 0.2) is 11.5 Å². The molecule has 7 heteroatoms. The zero-order valence-electron chi connectivity index (χ0n) is 13.9. The Bertz CT molecular complexity index is 921. The van der Waals surface area contributed by atoms with Gasteiger partial charge in [-0.1, -0.05) is 12.1 Å². The molecular formula is C19H16N4O3. The molecule has 0 spiro atoms. The number of amidine groups is 1. The minimum atomic E-state index is -0.418. The van der Waals surface area contributed by atoms with Crippen LogP contribution in [0.5, 0.6) is 11.5 Å². The molecule has 3 aliphatic rings. The van der Waals surface area contributed by atoms with Crippen molar-refractivity contribution in [2.75, 3.05) is 6.79 Å². The first kappa shape index (κ1) is 16.0. The highest BCUT2D eigenvalue weighted by molar-refractivity contribution is 5.99. The summed E-state index contributed by atoms with van der Waals surface area (Å²) in [6.45, 7) is 0.500. The van der Waals surface area contributed by atoms with Gasteiger partial charge in [-0.2, -0.15) is 5.26 Å². The minimum absolute atomic E-state index is 0.0583. The molecule has 1 amide bonds. The molecule has 4 rings (SSSR count). The Labute approximate surface area is 150 Å². The number of allylic oxidation sites excluding steroid dienone is 2. The summed E-state index contributed by atoms with van der Waals surface area (Å²) in [4.78, 5) is 16.7. The fourth-order valence-electron chi connectivity index (χ4n) is 3.00. The number of ether oxygens (including phenoxy) is 2. The first-order chi connectivity index (χ1) is 12.7. The SMILES string of the molecule is N#C/C(=C\C1=CN=C2NC=CCC12)C(=O)NCc1ccc2c(c1)OCO2. The molecule has 0 saturated carbocycles. The Morgan fingerprint density at radius 3 is 3.19 bits per heavy atom. The molecule has 3 heterocycles. The predicted molar refractivity (Wildman–Crippen MR) is 94.0 cm³/mol. The van der Waals surface area contributed by atoms with Crippen LogP contribution in [0.25, 0.3) is 0 Å². The Hall–Kier alpha value is -3.53. The number of fused-ring (bicyclic) bond motifs is 2. The van der Waals surface area contributed by atoms with Gasteiger partial charge < -0.3 is 20.1 Å². The lowest BCUT2D eigenvalue weighted by molar-refractivity contribution is -0.117. The van der Waals surface area contributed by atoms with Crippen molar-refractivity contribution < 1.29 is 14.3 Å². The number of aliphatic imine (C=N–C) groups is 1. The number of benzene rings is 1. The van der Waals surface area contributed by atoms with E-state index in [0.29, 0.717) is 18.0 Å². The molecule has 1 atom stereocenters. The summed E-state index contributed by atoms with van der Waals surface area (Å²) < 4.78 is 10.6. The Balaban J connectivity index is 1.42. The van der Waals surface area contributed by atoms with Crippen LogP contribution in [0.3, 0.4) is 0 Å². The topological polar surface area (TPSA) is 95.7 Å². The molecule has 1 aromatic rings. The van der Waals surface area contributed by atoms with Crippen LogP contribution < -0.4 is 20.1 Å². The van der Waals surface area contributed by atoms with E-state index in [1.54, 1.807) is 18.3 Å².